The Morgan fingerprint density at radius 3 is 2.41 bits per heavy atom. The highest BCUT2D eigenvalue weighted by Gasteiger charge is 2.35. The number of hydrogen-bond donors (Lipinski definition) is 3. The van der Waals surface area contributed by atoms with Crippen molar-refractivity contribution in [2.75, 3.05) is 5.32 Å². The van der Waals surface area contributed by atoms with E-state index < -0.39 is 62.4 Å². The first-order chi connectivity index (χ1) is 13.5. The summed E-state index contributed by atoms with van der Waals surface area (Å²) in [7, 11) is 0. The number of aromatic carboxylic acids is 1. The molecule has 0 saturated heterocycles. The Labute approximate surface area is 162 Å². The number of aromatic nitrogens is 1. The third-order valence-corrected chi connectivity index (χ3v) is 4.83. The van der Waals surface area contributed by atoms with Crippen molar-refractivity contribution in [3.8, 4) is 0 Å². The molecule has 29 heavy (non-hydrogen) atoms. The Balaban J connectivity index is 2.41. The second-order valence-corrected chi connectivity index (χ2v) is 7.26. The molecule has 1 fully saturated rings. The first-order valence-corrected chi connectivity index (χ1v) is 8.83. The van der Waals surface area contributed by atoms with Crippen LogP contribution >= 0.6 is 0 Å². The average molecular weight is 407 g/mol. The number of nitrogens with zero attached hydrogens (tertiary/aromatic N) is 2. The molecule has 3 rings (SSSR count). The van der Waals surface area contributed by atoms with Crippen molar-refractivity contribution >= 4 is 34.2 Å². The standard InChI is InChI=1S/C18H18FN3O7/c1-7(2)12(18(26)27)20-13-11(19)5-9-14(15(13)22(28)29)21(8-3-4-8)6-10(16(9)23)17(24)25/h5-8,12,20H,3-4H2,1-2H3,(H,24,25)(H,26,27). The third kappa shape index (κ3) is 3.50. The van der Waals surface area contributed by atoms with Crippen LogP contribution in [0.25, 0.3) is 10.9 Å². The van der Waals surface area contributed by atoms with E-state index in [1.807, 2.05) is 0 Å². The fourth-order valence-corrected chi connectivity index (χ4v) is 3.25. The third-order valence-electron chi connectivity index (χ3n) is 4.83. The van der Waals surface area contributed by atoms with Gasteiger partial charge in [0.05, 0.1) is 10.3 Å². The Morgan fingerprint density at radius 2 is 1.97 bits per heavy atom. The SMILES string of the molecule is CC(C)C(Nc1c(F)cc2c(=O)c(C(=O)O)cn(C3CC3)c2c1[N+](=O)[O-])C(=O)O. The fourth-order valence-electron chi connectivity index (χ4n) is 3.25. The topological polar surface area (TPSA) is 152 Å². The number of nitro benzene ring substituents is 1. The number of aliphatic carboxylic acids is 1. The van der Waals surface area contributed by atoms with Crippen LogP contribution in [0.3, 0.4) is 0 Å². The summed E-state index contributed by atoms with van der Waals surface area (Å²) in [5, 5.41) is 32.4. The zero-order valence-corrected chi connectivity index (χ0v) is 15.5. The highest BCUT2D eigenvalue weighted by atomic mass is 19.1. The van der Waals surface area contributed by atoms with E-state index in [9.17, 15) is 39.1 Å². The van der Waals surface area contributed by atoms with E-state index in [4.69, 9.17) is 0 Å². The highest BCUT2D eigenvalue weighted by molar-refractivity contribution is 5.99. The second-order valence-electron chi connectivity index (χ2n) is 7.26. The summed E-state index contributed by atoms with van der Waals surface area (Å²) in [5.41, 5.74) is -3.35. The van der Waals surface area contributed by atoms with E-state index in [0.717, 1.165) is 12.3 Å². The lowest BCUT2D eigenvalue weighted by molar-refractivity contribution is -0.382. The molecule has 1 heterocycles. The van der Waals surface area contributed by atoms with Gasteiger partial charge in [-0.25, -0.2) is 14.0 Å². The Morgan fingerprint density at radius 1 is 1.34 bits per heavy atom. The number of carboxylic acids is 2. The molecule has 1 aromatic heterocycles. The molecule has 2 aromatic rings. The van der Waals surface area contributed by atoms with E-state index in [-0.39, 0.29) is 11.6 Å². The minimum absolute atomic E-state index is 0.232. The molecule has 1 aromatic carbocycles. The molecule has 1 aliphatic carbocycles. The van der Waals surface area contributed by atoms with Crippen molar-refractivity contribution in [2.45, 2.75) is 38.8 Å². The molecule has 1 atom stereocenters. The molecule has 0 amide bonds. The van der Waals surface area contributed by atoms with Crippen LogP contribution in [0, 0.1) is 21.8 Å². The number of fused-ring (bicyclic) bond motifs is 1. The quantitative estimate of drug-likeness (QED) is 0.468. The molecular formula is C18H18FN3O7. The van der Waals surface area contributed by atoms with Crippen LogP contribution in [0.2, 0.25) is 0 Å². The Hall–Kier alpha value is -3.50. The van der Waals surface area contributed by atoms with Crippen molar-refractivity contribution in [1.29, 1.82) is 0 Å². The zero-order valence-electron chi connectivity index (χ0n) is 15.5. The van der Waals surface area contributed by atoms with Crippen LogP contribution < -0.4 is 10.7 Å². The smallest absolute Gasteiger partial charge is 0.341 e. The molecule has 1 unspecified atom stereocenters. The number of rotatable bonds is 7. The first-order valence-electron chi connectivity index (χ1n) is 8.83. The monoisotopic (exact) mass is 407 g/mol. The van der Waals surface area contributed by atoms with Gasteiger partial charge in [0, 0.05) is 12.2 Å². The number of carboxylic acid groups (broad SMARTS) is 2. The summed E-state index contributed by atoms with van der Waals surface area (Å²) in [6, 6.07) is -0.869. The summed E-state index contributed by atoms with van der Waals surface area (Å²) < 4.78 is 16.1. The van der Waals surface area contributed by atoms with Gasteiger partial charge in [0.1, 0.15) is 17.1 Å². The van der Waals surface area contributed by atoms with Crippen molar-refractivity contribution in [1.82, 2.24) is 4.57 Å². The number of pyridine rings is 1. The predicted octanol–water partition coefficient (Wildman–Crippen LogP) is 2.60. The summed E-state index contributed by atoms with van der Waals surface area (Å²) in [6.07, 6.45) is 2.24. The summed E-state index contributed by atoms with van der Waals surface area (Å²) in [6.45, 7) is 3.10. The van der Waals surface area contributed by atoms with Crippen molar-refractivity contribution < 1.29 is 29.1 Å². The van der Waals surface area contributed by atoms with Gasteiger partial charge < -0.3 is 20.1 Å². The van der Waals surface area contributed by atoms with Gasteiger partial charge in [-0.3, -0.25) is 14.9 Å². The van der Waals surface area contributed by atoms with Gasteiger partial charge in [-0.05, 0) is 24.8 Å². The minimum Gasteiger partial charge on any atom is -0.480 e. The molecule has 0 spiro atoms. The van der Waals surface area contributed by atoms with Crippen molar-refractivity contribution in [3.05, 3.63) is 44.0 Å². The number of carbonyl (C=O) groups is 2. The van der Waals surface area contributed by atoms with E-state index in [1.54, 1.807) is 13.8 Å². The van der Waals surface area contributed by atoms with E-state index in [1.165, 1.54) is 4.57 Å². The molecule has 10 nitrogen and oxygen atoms in total. The fraction of sp³-hybridized carbons (Fsp3) is 0.389. The normalized spacial score (nSPS) is 14.8. The highest BCUT2D eigenvalue weighted by Crippen LogP contribution is 2.42. The maximum absolute atomic E-state index is 14.8. The van der Waals surface area contributed by atoms with Gasteiger partial charge in [0.2, 0.25) is 5.43 Å². The lowest BCUT2D eigenvalue weighted by Gasteiger charge is -2.21. The molecule has 0 radical (unpaired) electrons. The van der Waals surface area contributed by atoms with Crippen LogP contribution in [-0.2, 0) is 4.79 Å². The largest absolute Gasteiger partial charge is 0.480 e. The molecule has 11 heteroatoms. The second kappa shape index (κ2) is 7.15. The van der Waals surface area contributed by atoms with Crippen LogP contribution in [-0.4, -0.2) is 37.7 Å². The van der Waals surface area contributed by atoms with Gasteiger partial charge in [0.25, 0.3) is 0 Å². The lowest BCUT2D eigenvalue weighted by Crippen LogP contribution is -2.35. The number of nitrogens with one attached hydrogen (secondary N) is 1. The van der Waals surface area contributed by atoms with E-state index >= 15 is 0 Å². The first kappa shape index (κ1) is 20.2. The molecule has 3 N–H and O–H groups in total. The summed E-state index contributed by atoms with van der Waals surface area (Å²) in [4.78, 5) is 46.4. The molecule has 1 saturated carbocycles. The lowest BCUT2D eigenvalue weighted by atomic mass is 10.0. The van der Waals surface area contributed by atoms with Gasteiger partial charge in [-0.1, -0.05) is 13.8 Å². The van der Waals surface area contributed by atoms with Crippen LogP contribution in [0.4, 0.5) is 15.8 Å². The zero-order chi connectivity index (χ0) is 21.6. The molecule has 0 bridgehead atoms. The van der Waals surface area contributed by atoms with Crippen LogP contribution in [0.5, 0.6) is 0 Å². The van der Waals surface area contributed by atoms with E-state index in [0.29, 0.717) is 12.8 Å². The van der Waals surface area contributed by atoms with Gasteiger partial charge in [0.15, 0.2) is 11.5 Å². The summed E-state index contributed by atoms with van der Waals surface area (Å²) in [5.74, 6) is -4.59. The Bertz CT molecular complexity index is 1110. The van der Waals surface area contributed by atoms with Crippen molar-refractivity contribution in [2.24, 2.45) is 5.92 Å². The minimum atomic E-state index is -1.53. The molecule has 0 aliphatic heterocycles. The van der Waals surface area contributed by atoms with Gasteiger partial charge in [-0.15, -0.1) is 0 Å². The number of nitro groups is 1. The molecular weight excluding hydrogens is 389 g/mol. The Kier molecular flexibility index (Phi) is 4.99. The predicted molar refractivity (Wildman–Crippen MR) is 99.9 cm³/mol. The van der Waals surface area contributed by atoms with Crippen LogP contribution in [0.1, 0.15) is 43.1 Å². The van der Waals surface area contributed by atoms with Crippen molar-refractivity contribution in [3.63, 3.8) is 0 Å². The number of anilines is 1. The number of hydrogen-bond acceptors (Lipinski definition) is 6. The van der Waals surface area contributed by atoms with E-state index in [2.05, 4.69) is 5.32 Å². The maximum Gasteiger partial charge on any atom is 0.341 e. The maximum atomic E-state index is 14.8. The van der Waals surface area contributed by atoms with Gasteiger partial charge >= 0.3 is 17.6 Å². The molecule has 154 valence electrons. The van der Waals surface area contributed by atoms with Gasteiger partial charge in [-0.2, -0.15) is 0 Å². The average Bonchev–Trinajstić information content (AvgIpc) is 3.44. The number of benzene rings is 1. The number of halogens is 1. The van der Waals surface area contributed by atoms with Crippen LogP contribution in [0.15, 0.2) is 17.1 Å². The summed E-state index contributed by atoms with van der Waals surface area (Å²) >= 11 is 0. The molecule has 1 aliphatic rings.